The molecule has 1 N–H and O–H groups in total. The Kier molecular flexibility index (Phi) is 5.40. The normalized spacial score (nSPS) is 20.1. The molecule has 1 atom stereocenters. The van der Waals surface area contributed by atoms with Gasteiger partial charge in [0.05, 0.1) is 23.0 Å². The Morgan fingerprint density at radius 3 is 2.52 bits per heavy atom. The average molecular weight is 446 g/mol. The molecule has 1 aliphatic heterocycles. The number of halogens is 3. The molecule has 1 aromatic carbocycles. The van der Waals surface area contributed by atoms with E-state index in [1.807, 2.05) is 36.1 Å². The fourth-order valence-corrected chi connectivity index (χ4v) is 4.81. The molecule has 2 aliphatic rings. The van der Waals surface area contributed by atoms with E-state index in [4.69, 9.17) is 17.5 Å². The number of benzene rings is 1. The number of nitriles is 1. The lowest BCUT2D eigenvalue weighted by Gasteiger charge is -2.47. The first-order chi connectivity index (χ1) is 14.7. The van der Waals surface area contributed by atoms with Crippen LogP contribution in [-0.2, 0) is 12.6 Å². The molecule has 1 aliphatic carbocycles. The predicted octanol–water partition coefficient (Wildman–Crippen LogP) is 4.17. The molecule has 1 aromatic heterocycles. The summed E-state index contributed by atoms with van der Waals surface area (Å²) in [5.74, 6) is 0. The van der Waals surface area contributed by atoms with Crippen molar-refractivity contribution < 1.29 is 18.3 Å². The Morgan fingerprint density at radius 2 is 1.97 bits per heavy atom. The SMILES string of the molecule is Cc1ccc(CCN2C(=S)N(c3cnc(C#N)c(C(F)(F)F)c3)C(O)C23CCC3)cc1. The van der Waals surface area contributed by atoms with Crippen LogP contribution in [0.25, 0.3) is 0 Å². The second-order valence-electron chi connectivity index (χ2n) is 8.07. The van der Waals surface area contributed by atoms with Gasteiger partial charge in [-0.15, -0.1) is 0 Å². The fraction of sp³-hybridized carbons (Fsp3) is 0.409. The van der Waals surface area contributed by atoms with E-state index in [9.17, 15) is 18.3 Å². The molecule has 9 heteroatoms. The molecule has 1 saturated carbocycles. The van der Waals surface area contributed by atoms with Gasteiger partial charge >= 0.3 is 6.18 Å². The number of nitrogens with zero attached hydrogens (tertiary/aromatic N) is 4. The van der Waals surface area contributed by atoms with Crippen molar-refractivity contribution in [1.29, 1.82) is 5.26 Å². The van der Waals surface area contributed by atoms with Crippen LogP contribution in [0, 0.1) is 18.3 Å². The summed E-state index contributed by atoms with van der Waals surface area (Å²) in [4.78, 5) is 6.97. The van der Waals surface area contributed by atoms with Gasteiger partial charge < -0.3 is 10.0 Å². The molecule has 31 heavy (non-hydrogen) atoms. The van der Waals surface area contributed by atoms with Gasteiger partial charge in [0.2, 0.25) is 0 Å². The minimum Gasteiger partial charge on any atom is -0.371 e. The van der Waals surface area contributed by atoms with Crippen molar-refractivity contribution in [3.63, 3.8) is 0 Å². The molecule has 2 aromatic rings. The minimum absolute atomic E-state index is 0.0351. The number of thiocarbonyl (C=S) groups is 1. The van der Waals surface area contributed by atoms with E-state index >= 15 is 0 Å². The lowest BCUT2D eigenvalue weighted by molar-refractivity contribution is -0.138. The molecule has 0 bridgehead atoms. The van der Waals surface area contributed by atoms with Crippen molar-refractivity contribution in [3.8, 4) is 6.07 Å². The summed E-state index contributed by atoms with van der Waals surface area (Å²) in [6.07, 6.45) is -1.64. The van der Waals surface area contributed by atoms with Crippen molar-refractivity contribution in [2.24, 2.45) is 0 Å². The number of alkyl halides is 3. The molecule has 2 heterocycles. The molecular formula is C22H21F3N4OS. The zero-order chi connectivity index (χ0) is 22.4. The predicted molar refractivity (Wildman–Crippen MR) is 113 cm³/mol. The maximum absolute atomic E-state index is 13.4. The van der Waals surface area contributed by atoms with Gasteiger partial charge in [0.1, 0.15) is 6.07 Å². The van der Waals surface area contributed by atoms with E-state index in [1.54, 1.807) is 0 Å². The summed E-state index contributed by atoms with van der Waals surface area (Å²) in [7, 11) is 0. The Bertz CT molecular complexity index is 1040. The van der Waals surface area contributed by atoms with Crippen molar-refractivity contribution in [1.82, 2.24) is 9.88 Å². The smallest absolute Gasteiger partial charge is 0.371 e. The van der Waals surface area contributed by atoms with Gasteiger partial charge in [-0.2, -0.15) is 18.4 Å². The summed E-state index contributed by atoms with van der Waals surface area (Å²) in [6.45, 7) is 2.56. The van der Waals surface area contributed by atoms with Gasteiger partial charge in [-0.05, 0) is 56.5 Å². The van der Waals surface area contributed by atoms with E-state index in [2.05, 4.69) is 4.98 Å². The van der Waals surface area contributed by atoms with E-state index in [1.165, 1.54) is 17.2 Å². The van der Waals surface area contributed by atoms with Gasteiger partial charge in [-0.25, -0.2) is 4.98 Å². The molecule has 0 amide bonds. The Labute approximate surface area is 183 Å². The second-order valence-corrected chi connectivity index (χ2v) is 8.44. The van der Waals surface area contributed by atoms with Crippen molar-refractivity contribution in [2.45, 2.75) is 50.6 Å². The van der Waals surface area contributed by atoms with Gasteiger partial charge in [-0.1, -0.05) is 29.8 Å². The third-order valence-corrected chi connectivity index (χ3v) is 6.64. The van der Waals surface area contributed by atoms with Crippen LogP contribution in [0.15, 0.2) is 36.5 Å². The zero-order valence-corrected chi connectivity index (χ0v) is 17.7. The number of aliphatic hydroxyl groups is 1. The highest BCUT2D eigenvalue weighted by molar-refractivity contribution is 7.80. The van der Waals surface area contributed by atoms with Crippen molar-refractivity contribution in [2.75, 3.05) is 11.4 Å². The Balaban J connectivity index is 1.65. The monoisotopic (exact) mass is 446 g/mol. The van der Waals surface area contributed by atoms with E-state index in [-0.39, 0.29) is 10.8 Å². The lowest BCUT2D eigenvalue weighted by Crippen LogP contribution is -2.57. The molecular weight excluding hydrogens is 425 g/mol. The maximum atomic E-state index is 13.4. The first-order valence-electron chi connectivity index (χ1n) is 9.99. The molecule has 5 nitrogen and oxygen atoms in total. The largest absolute Gasteiger partial charge is 0.419 e. The quantitative estimate of drug-likeness (QED) is 0.712. The van der Waals surface area contributed by atoms with Crippen LogP contribution in [0.5, 0.6) is 0 Å². The van der Waals surface area contributed by atoms with Gasteiger partial charge in [-0.3, -0.25) is 4.90 Å². The zero-order valence-electron chi connectivity index (χ0n) is 16.9. The number of pyridine rings is 1. The van der Waals surface area contributed by atoms with Gasteiger partial charge in [0.15, 0.2) is 17.0 Å². The van der Waals surface area contributed by atoms with Crippen molar-refractivity contribution >= 4 is 23.0 Å². The highest BCUT2D eigenvalue weighted by atomic mass is 32.1. The fourth-order valence-electron chi connectivity index (χ4n) is 4.33. The summed E-state index contributed by atoms with van der Waals surface area (Å²) >= 11 is 5.62. The number of anilines is 1. The number of hydrogen-bond donors (Lipinski definition) is 1. The summed E-state index contributed by atoms with van der Waals surface area (Å²) in [6, 6.07) is 10.5. The minimum atomic E-state index is -4.74. The number of rotatable bonds is 4. The van der Waals surface area contributed by atoms with E-state index < -0.39 is 29.2 Å². The average Bonchev–Trinajstić information content (AvgIpc) is 2.93. The molecule has 1 spiro atoms. The Morgan fingerprint density at radius 1 is 1.29 bits per heavy atom. The first kappa shape index (κ1) is 21.5. The number of aliphatic hydroxyl groups excluding tert-OH is 1. The van der Waals surface area contributed by atoms with Crippen LogP contribution in [0.2, 0.25) is 0 Å². The topological polar surface area (TPSA) is 63.4 Å². The van der Waals surface area contributed by atoms with Gasteiger partial charge in [0.25, 0.3) is 0 Å². The van der Waals surface area contributed by atoms with Crippen LogP contribution in [0.4, 0.5) is 18.9 Å². The third kappa shape index (κ3) is 3.64. The van der Waals surface area contributed by atoms with Crippen LogP contribution in [0.1, 0.15) is 41.6 Å². The van der Waals surface area contributed by atoms with Crippen LogP contribution in [0.3, 0.4) is 0 Å². The standard InChI is InChI=1S/C22H21F3N4OS/c1-14-3-5-15(6-4-14)7-10-28-20(31)29(19(30)21(28)8-2-9-21)16-11-17(22(23,24)25)18(12-26)27-13-16/h3-6,11,13,19,30H,2,7-10H2,1H3. The highest BCUT2D eigenvalue weighted by Gasteiger charge is 2.58. The van der Waals surface area contributed by atoms with Crippen LogP contribution >= 0.6 is 12.2 Å². The highest BCUT2D eigenvalue weighted by Crippen LogP contribution is 2.48. The van der Waals surface area contributed by atoms with Crippen LogP contribution in [-0.4, -0.2) is 38.4 Å². The first-order valence-corrected chi connectivity index (χ1v) is 10.4. The molecule has 162 valence electrons. The van der Waals surface area contributed by atoms with Gasteiger partial charge in [0, 0.05) is 6.54 Å². The number of aromatic nitrogens is 1. The third-order valence-electron chi connectivity index (χ3n) is 6.23. The van der Waals surface area contributed by atoms with Crippen molar-refractivity contribution in [3.05, 3.63) is 58.9 Å². The molecule has 2 fully saturated rings. The number of hydrogen-bond acceptors (Lipinski definition) is 4. The second kappa shape index (κ2) is 7.77. The summed E-state index contributed by atoms with van der Waals surface area (Å²) in [5.41, 5.74) is -0.142. The molecule has 0 radical (unpaired) electrons. The van der Waals surface area contributed by atoms with E-state index in [0.717, 1.165) is 23.6 Å². The summed E-state index contributed by atoms with van der Waals surface area (Å²) < 4.78 is 40.3. The number of aryl methyl sites for hydroxylation is 1. The van der Waals surface area contributed by atoms with E-state index in [0.29, 0.717) is 25.8 Å². The Hall–Kier alpha value is -2.70. The van der Waals surface area contributed by atoms with Crippen LogP contribution < -0.4 is 4.90 Å². The molecule has 4 rings (SSSR count). The maximum Gasteiger partial charge on any atom is 0.419 e. The summed E-state index contributed by atoms with van der Waals surface area (Å²) in [5, 5.41) is 20.4. The lowest BCUT2D eigenvalue weighted by atomic mass is 9.74. The molecule has 1 saturated heterocycles. The molecule has 1 unspecified atom stereocenters.